The van der Waals surface area contributed by atoms with E-state index in [1.54, 1.807) is 21.3 Å². The first-order chi connectivity index (χ1) is 12.7. The van der Waals surface area contributed by atoms with Crippen molar-refractivity contribution in [3.8, 4) is 17.2 Å². The summed E-state index contributed by atoms with van der Waals surface area (Å²) < 4.78 is 16.5. The molecule has 0 amide bonds. The number of methoxy groups -OCH3 is 3. The van der Waals surface area contributed by atoms with Gasteiger partial charge in [0.05, 0.1) is 26.9 Å². The summed E-state index contributed by atoms with van der Waals surface area (Å²) in [7, 11) is 5.00. The fraction of sp³-hybridized carbons (Fsp3) is 0.429. The van der Waals surface area contributed by atoms with Gasteiger partial charge in [-0.25, -0.2) is 0 Å². The first-order valence-electron chi connectivity index (χ1n) is 8.96. The van der Waals surface area contributed by atoms with Crippen LogP contribution in [0.4, 0.5) is 0 Å². The number of ether oxygens (including phenoxy) is 3. The Labute approximate surface area is 167 Å². The van der Waals surface area contributed by atoms with Gasteiger partial charge in [-0.15, -0.1) is 12.4 Å². The zero-order valence-corrected chi connectivity index (χ0v) is 17.0. The molecule has 6 heteroatoms. The van der Waals surface area contributed by atoms with Crippen LogP contribution >= 0.6 is 12.4 Å². The maximum Gasteiger partial charge on any atom is 0.130 e. The Hall–Kier alpha value is -1.95. The molecule has 2 N–H and O–H groups in total. The van der Waals surface area contributed by atoms with Crippen molar-refractivity contribution in [3.05, 3.63) is 53.6 Å². The maximum atomic E-state index is 6.07. The lowest BCUT2D eigenvalue weighted by atomic mass is 9.89. The third-order valence-corrected chi connectivity index (χ3v) is 5.25. The molecule has 27 heavy (non-hydrogen) atoms. The van der Waals surface area contributed by atoms with E-state index in [1.807, 2.05) is 12.1 Å². The molecule has 1 saturated heterocycles. The summed E-state index contributed by atoms with van der Waals surface area (Å²) in [4.78, 5) is 2.43. The van der Waals surface area contributed by atoms with Crippen molar-refractivity contribution in [1.29, 1.82) is 0 Å². The molecule has 0 spiro atoms. The molecular formula is C21H29ClN2O3. The van der Waals surface area contributed by atoms with E-state index in [4.69, 9.17) is 19.9 Å². The zero-order chi connectivity index (χ0) is 18.5. The summed E-state index contributed by atoms with van der Waals surface area (Å²) in [6, 6.07) is 14.5. The standard InChI is InChI=1S/C21H28N2O3.ClH/c1-24-17-9-20(25-2)19(21(10-17)26-3)14-23-12-16(11-22)18(13-23)15-7-5-4-6-8-15;/h4-10,16,18H,11-14,22H2,1-3H3;1H/t16-,18+;/m1./s1. The molecule has 1 aliphatic heterocycles. The van der Waals surface area contributed by atoms with Crippen LogP contribution in [-0.4, -0.2) is 45.9 Å². The number of rotatable bonds is 7. The van der Waals surface area contributed by atoms with Gasteiger partial charge in [-0.1, -0.05) is 30.3 Å². The van der Waals surface area contributed by atoms with E-state index in [1.165, 1.54) is 5.56 Å². The van der Waals surface area contributed by atoms with E-state index in [0.29, 0.717) is 18.4 Å². The number of benzene rings is 2. The molecule has 2 atom stereocenters. The van der Waals surface area contributed by atoms with E-state index in [-0.39, 0.29) is 12.4 Å². The van der Waals surface area contributed by atoms with Gasteiger partial charge >= 0.3 is 0 Å². The number of nitrogens with zero attached hydrogens (tertiary/aromatic N) is 1. The van der Waals surface area contributed by atoms with E-state index in [2.05, 4.69) is 35.2 Å². The Balaban J connectivity index is 0.00000261. The van der Waals surface area contributed by atoms with E-state index < -0.39 is 0 Å². The molecule has 0 saturated carbocycles. The average Bonchev–Trinajstić information content (AvgIpc) is 3.11. The first-order valence-corrected chi connectivity index (χ1v) is 8.96. The molecule has 0 radical (unpaired) electrons. The van der Waals surface area contributed by atoms with E-state index in [0.717, 1.165) is 42.4 Å². The lowest BCUT2D eigenvalue weighted by Crippen LogP contribution is -2.23. The van der Waals surface area contributed by atoms with Crippen molar-refractivity contribution in [3.63, 3.8) is 0 Å². The number of hydrogen-bond donors (Lipinski definition) is 1. The lowest BCUT2D eigenvalue weighted by Gasteiger charge is -2.21. The monoisotopic (exact) mass is 392 g/mol. The van der Waals surface area contributed by atoms with Crippen molar-refractivity contribution < 1.29 is 14.2 Å². The smallest absolute Gasteiger partial charge is 0.130 e. The second-order valence-corrected chi connectivity index (χ2v) is 6.72. The predicted molar refractivity (Wildman–Crippen MR) is 110 cm³/mol. The van der Waals surface area contributed by atoms with Crippen LogP contribution in [0.2, 0.25) is 0 Å². The number of hydrogen-bond acceptors (Lipinski definition) is 5. The minimum atomic E-state index is 0. The van der Waals surface area contributed by atoms with Crippen LogP contribution in [0.1, 0.15) is 17.0 Å². The molecular weight excluding hydrogens is 364 g/mol. The van der Waals surface area contributed by atoms with Crippen LogP contribution < -0.4 is 19.9 Å². The topological polar surface area (TPSA) is 57.0 Å². The molecule has 2 aromatic carbocycles. The van der Waals surface area contributed by atoms with Crippen molar-refractivity contribution >= 4 is 12.4 Å². The van der Waals surface area contributed by atoms with Gasteiger partial charge in [0, 0.05) is 37.7 Å². The van der Waals surface area contributed by atoms with Crippen LogP contribution in [-0.2, 0) is 6.54 Å². The van der Waals surface area contributed by atoms with Crippen molar-refractivity contribution in [2.75, 3.05) is 41.0 Å². The Morgan fingerprint density at radius 1 is 0.963 bits per heavy atom. The fourth-order valence-corrected chi connectivity index (χ4v) is 3.86. The van der Waals surface area contributed by atoms with Crippen molar-refractivity contribution in [1.82, 2.24) is 4.90 Å². The molecule has 1 fully saturated rings. The average molecular weight is 393 g/mol. The van der Waals surface area contributed by atoms with Crippen LogP contribution in [0.25, 0.3) is 0 Å². The highest BCUT2D eigenvalue weighted by Crippen LogP contribution is 2.38. The zero-order valence-electron chi connectivity index (χ0n) is 16.2. The van der Waals surface area contributed by atoms with Crippen LogP contribution in [0.3, 0.4) is 0 Å². The van der Waals surface area contributed by atoms with Gasteiger partial charge in [0.1, 0.15) is 17.2 Å². The summed E-state index contributed by atoms with van der Waals surface area (Å²) in [5, 5.41) is 0. The lowest BCUT2D eigenvalue weighted by molar-refractivity contribution is 0.297. The molecule has 148 valence electrons. The third kappa shape index (κ3) is 4.67. The van der Waals surface area contributed by atoms with Gasteiger partial charge in [-0.05, 0) is 18.0 Å². The summed E-state index contributed by atoms with van der Waals surface area (Å²) in [5.74, 6) is 3.21. The quantitative estimate of drug-likeness (QED) is 0.783. The molecule has 1 aliphatic rings. The molecule has 5 nitrogen and oxygen atoms in total. The number of likely N-dealkylation sites (tertiary alicyclic amines) is 1. The number of halogens is 1. The first kappa shape index (κ1) is 21.4. The highest BCUT2D eigenvalue weighted by Gasteiger charge is 2.33. The molecule has 0 aliphatic carbocycles. The Morgan fingerprint density at radius 3 is 2.11 bits per heavy atom. The van der Waals surface area contributed by atoms with E-state index in [9.17, 15) is 0 Å². The number of nitrogens with two attached hydrogens (primary N) is 1. The minimum Gasteiger partial charge on any atom is -0.496 e. The molecule has 1 heterocycles. The SMILES string of the molecule is COc1cc(OC)c(CN2C[C@@H](CN)[C@H](c3ccccc3)C2)c(OC)c1.Cl. The second-order valence-electron chi connectivity index (χ2n) is 6.72. The molecule has 0 unspecified atom stereocenters. The van der Waals surface area contributed by atoms with Crippen molar-refractivity contribution in [2.24, 2.45) is 11.7 Å². The molecule has 2 aromatic rings. The fourth-order valence-electron chi connectivity index (χ4n) is 3.86. The van der Waals surface area contributed by atoms with E-state index >= 15 is 0 Å². The summed E-state index contributed by atoms with van der Waals surface area (Å²) in [6.45, 7) is 3.39. The van der Waals surface area contributed by atoms with Gasteiger partial charge in [-0.3, -0.25) is 4.90 Å². The highest BCUT2D eigenvalue weighted by atomic mass is 35.5. The van der Waals surface area contributed by atoms with Gasteiger partial charge in [0.2, 0.25) is 0 Å². The molecule has 0 bridgehead atoms. The van der Waals surface area contributed by atoms with Gasteiger partial charge in [0.15, 0.2) is 0 Å². The van der Waals surface area contributed by atoms with Gasteiger partial charge in [-0.2, -0.15) is 0 Å². The van der Waals surface area contributed by atoms with Crippen LogP contribution in [0, 0.1) is 5.92 Å². The largest absolute Gasteiger partial charge is 0.496 e. The van der Waals surface area contributed by atoms with Crippen molar-refractivity contribution in [2.45, 2.75) is 12.5 Å². The third-order valence-electron chi connectivity index (χ3n) is 5.25. The Bertz CT molecular complexity index is 702. The molecule has 0 aromatic heterocycles. The van der Waals surface area contributed by atoms with Gasteiger partial charge in [0.25, 0.3) is 0 Å². The predicted octanol–water partition coefficient (Wildman–Crippen LogP) is 3.31. The molecule has 3 rings (SSSR count). The highest BCUT2D eigenvalue weighted by molar-refractivity contribution is 5.85. The Morgan fingerprint density at radius 2 is 1.59 bits per heavy atom. The van der Waals surface area contributed by atoms with Crippen LogP contribution in [0.15, 0.2) is 42.5 Å². The normalized spacial score (nSPS) is 19.4. The maximum absolute atomic E-state index is 6.07. The second kappa shape index (κ2) is 9.83. The summed E-state index contributed by atoms with van der Waals surface area (Å²) in [5.41, 5.74) is 8.48. The summed E-state index contributed by atoms with van der Waals surface area (Å²) in [6.07, 6.45) is 0. The van der Waals surface area contributed by atoms with Crippen LogP contribution in [0.5, 0.6) is 17.2 Å². The summed E-state index contributed by atoms with van der Waals surface area (Å²) >= 11 is 0. The van der Waals surface area contributed by atoms with Gasteiger partial charge < -0.3 is 19.9 Å². The minimum absolute atomic E-state index is 0. The Kier molecular flexibility index (Phi) is 7.78.